The van der Waals surface area contributed by atoms with Crippen LogP contribution in [0.3, 0.4) is 0 Å². The Morgan fingerprint density at radius 2 is 2.00 bits per heavy atom. The van der Waals surface area contributed by atoms with Gasteiger partial charge in [0.25, 0.3) is 0 Å². The fourth-order valence-electron chi connectivity index (χ4n) is 2.28. The molecule has 0 aliphatic rings. The van der Waals surface area contributed by atoms with Crippen LogP contribution in [0.5, 0.6) is 0 Å². The van der Waals surface area contributed by atoms with E-state index in [2.05, 4.69) is 34.0 Å². The lowest BCUT2D eigenvalue weighted by atomic mass is 10.1. The first-order chi connectivity index (χ1) is 10.6. The topological polar surface area (TPSA) is 74.4 Å². The summed E-state index contributed by atoms with van der Waals surface area (Å²) in [7, 11) is 0. The lowest BCUT2D eigenvalue weighted by Gasteiger charge is -2.06. The predicted octanol–water partition coefficient (Wildman–Crippen LogP) is 3.77. The maximum absolute atomic E-state index is 12.7. The number of para-hydroxylation sites is 1. The van der Waals surface area contributed by atoms with E-state index in [4.69, 9.17) is 0 Å². The van der Waals surface area contributed by atoms with Crippen LogP contribution in [0.1, 0.15) is 42.9 Å². The molecule has 2 aromatic heterocycles. The number of fused-ring (bicyclic) bond motifs is 1. The SMILES string of the molecule is CC(Sc1n[nH]c(C(C)C)n1)C(=O)c1c[nH]c2ccccc12. The molecule has 6 heteroatoms. The molecule has 22 heavy (non-hydrogen) atoms. The first-order valence-electron chi connectivity index (χ1n) is 7.25. The quantitative estimate of drug-likeness (QED) is 0.555. The molecule has 0 radical (unpaired) electrons. The Balaban J connectivity index is 1.79. The summed E-state index contributed by atoms with van der Waals surface area (Å²) in [6, 6.07) is 7.81. The first-order valence-corrected chi connectivity index (χ1v) is 8.13. The van der Waals surface area contributed by atoms with Crippen LogP contribution in [0.4, 0.5) is 0 Å². The highest BCUT2D eigenvalue weighted by Crippen LogP contribution is 2.26. The number of Topliss-reactive ketones (excluding diaryl/α,β-unsaturated/α-hetero) is 1. The van der Waals surface area contributed by atoms with Gasteiger partial charge in [0.15, 0.2) is 5.78 Å². The smallest absolute Gasteiger partial charge is 0.209 e. The summed E-state index contributed by atoms with van der Waals surface area (Å²) < 4.78 is 0. The average Bonchev–Trinajstić information content (AvgIpc) is 3.13. The molecule has 0 fully saturated rings. The Morgan fingerprint density at radius 3 is 2.73 bits per heavy atom. The molecule has 1 aromatic carbocycles. The van der Waals surface area contributed by atoms with Gasteiger partial charge in [-0.2, -0.15) is 0 Å². The van der Waals surface area contributed by atoms with Crippen LogP contribution in [0.15, 0.2) is 35.6 Å². The minimum Gasteiger partial charge on any atom is -0.360 e. The largest absolute Gasteiger partial charge is 0.360 e. The van der Waals surface area contributed by atoms with Gasteiger partial charge in [-0.15, -0.1) is 5.10 Å². The number of aromatic nitrogens is 4. The number of hydrogen-bond acceptors (Lipinski definition) is 4. The number of carbonyl (C=O) groups is 1. The highest BCUT2D eigenvalue weighted by molar-refractivity contribution is 8.00. The van der Waals surface area contributed by atoms with E-state index >= 15 is 0 Å². The van der Waals surface area contributed by atoms with E-state index in [1.54, 1.807) is 6.20 Å². The number of aromatic amines is 2. The third-order valence-electron chi connectivity index (χ3n) is 3.54. The minimum atomic E-state index is -0.241. The molecule has 0 amide bonds. The summed E-state index contributed by atoms with van der Waals surface area (Å²) in [6.07, 6.45) is 1.78. The van der Waals surface area contributed by atoms with Crippen LogP contribution in [-0.4, -0.2) is 31.2 Å². The fourth-order valence-corrected chi connectivity index (χ4v) is 3.07. The van der Waals surface area contributed by atoms with Gasteiger partial charge in [0.2, 0.25) is 5.16 Å². The number of rotatable bonds is 5. The van der Waals surface area contributed by atoms with Crippen molar-refractivity contribution in [2.45, 2.75) is 37.1 Å². The number of H-pyrrole nitrogens is 2. The second-order valence-electron chi connectivity index (χ2n) is 5.53. The molecular formula is C16H18N4OS. The molecular weight excluding hydrogens is 296 g/mol. The molecule has 3 aromatic rings. The van der Waals surface area contributed by atoms with Crippen molar-refractivity contribution in [3.8, 4) is 0 Å². The van der Waals surface area contributed by atoms with Gasteiger partial charge >= 0.3 is 0 Å². The van der Waals surface area contributed by atoms with Crippen LogP contribution < -0.4 is 0 Å². The fraction of sp³-hybridized carbons (Fsp3) is 0.312. The maximum Gasteiger partial charge on any atom is 0.209 e. The molecule has 0 aliphatic carbocycles. The van der Waals surface area contributed by atoms with Crippen molar-refractivity contribution in [1.82, 2.24) is 20.2 Å². The van der Waals surface area contributed by atoms with Gasteiger partial charge in [-0.25, -0.2) is 4.98 Å². The van der Waals surface area contributed by atoms with Gasteiger partial charge in [0, 0.05) is 28.6 Å². The van der Waals surface area contributed by atoms with Gasteiger partial charge in [-0.05, 0) is 13.0 Å². The monoisotopic (exact) mass is 314 g/mol. The Bertz CT molecular complexity index is 805. The van der Waals surface area contributed by atoms with Crippen LogP contribution in [-0.2, 0) is 0 Å². The van der Waals surface area contributed by atoms with Crippen LogP contribution in [0.2, 0.25) is 0 Å². The molecule has 1 unspecified atom stereocenters. The van der Waals surface area contributed by atoms with Gasteiger partial charge < -0.3 is 4.98 Å². The van der Waals surface area contributed by atoms with E-state index < -0.39 is 0 Å². The highest BCUT2D eigenvalue weighted by Gasteiger charge is 2.21. The second-order valence-corrected chi connectivity index (χ2v) is 6.84. The van der Waals surface area contributed by atoms with Crippen molar-refractivity contribution < 1.29 is 4.79 Å². The minimum absolute atomic E-state index is 0.0818. The van der Waals surface area contributed by atoms with Gasteiger partial charge in [0.1, 0.15) is 5.82 Å². The Kier molecular flexibility index (Phi) is 4.02. The maximum atomic E-state index is 12.7. The zero-order chi connectivity index (χ0) is 15.7. The van der Waals surface area contributed by atoms with Gasteiger partial charge in [-0.3, -0.25) is 9.89 Å². The lowest BCUT2D eigenvalue weighted by Crippen LogP contribution is -2.13. The zero-order valence-corrected chi connectivity index (χ0v) is 13.6. The molecule has 114 valence electrons. The van der Waals surface area contributed by atoms with E-state index in [0.29, 0.717) is 11.1 Å². The van der Waals surface area contributed by atoms with Crippen molar-refractivity contribution in [2.75, 3.05) is 0 Å². The van der Waals surface area contributed by atoms with Gasteiger partial charge in [-0.1, -0.05) is 43.8 Å². The summed E-state index contributed by atoms with van der Waals surface area (Å²) >= 11 is 1.38. The standard InChI is InChI=1S/C16H18N4OS/c1-9(2)15-18-16(20-19-15)22-10(3)14(21)12-8-17-13-7-5-4-6-11(12)13/h4-10,17H,1-3H3,(H,18,19,20). The summed E-state index contributed by atoms with van der Waals surface area (Å²) in [6.45, 7) is 5.99. The molecule has 3 rings (SSSR count). The molecule has 0 aliphatic heterocycles. The molecule has 5 nitrogen and oxygen atoms in total. The molecule has 1 atom stereocenters. The van der Waals surface area contributed by atoms with Crippen molar-refractivity contribution in [1.29, 1.82) is 0 Å². The second kappa shape index (κ2) is 5.96. The molecule has 2 N–H and O–H groups in total. The van der Waals surface area contributed by atoms with Crippen molar-refractivity contribution >= 4 is 28.4 Å². The Hall–Kier alpha value is -2.08. The molecule has 2 heterocycles. The van der Waals surface area contributed by atoms with Crippen LogP contribution >= 0.6 is 11.8 Å². The highest BCUT2D eigenvalue weighted by atomic mass is 32.2. The summed E-state index contributed by atoms with van der Waals surface area (Å²) in [5.41, 5.74) is 1.69. The number of ketones is 1. The number of hydrogen-bond donors (Lipinski definition) is 2. The third kappa shape index (κ3) is 2.78. The molecule has 0 spiro atoms. The lowest BCUT2D eigenvalue weighted by molar-refractivity contribution is 0.0995. The first kappa shape index (κ1) is 14.8. The van der Waals surface area contributed by atoms with E-state index in [9.17, 15) is 4.79 Å². The molecule has 0 bridgehead atoms. The van der Waals surface area contributed by atoms with Crippen molar-refractivity contribution in [3.63, 3.8) is 0 Å². The predicted molar refractivity (Wildman–Crippen MR) is 88.4 cm³/mol. The van der Waals surface area contributed by atoms with E-state index in [1.807, 2.05) is 31.2 Å². The van der Waals surface area contributed by atoms with E-state index in [0.717, 1.165) is 22.3 Å². The van der Waals surface area contributed by atoms with Crippen molar-refractivity contribution in [3.05, 3.63) is 41.9 Å². The van der Waals surface area contributed by atoms with E-state index in [1.165, 1.54) is 11.8 Å². The van der Waals surface area contributed by atoms with Crippen LogP contribution in [0, 0.1) is 0 Å². The van der Waals surface area contributed by atoms with Gasteiger partial charge in [0.05, 0.1) is 5.25 Å². The summed E-state index contributed by atoms with van der Waals surface area (Å²) in [4.78, 5) is 20.2. The summed E-state index contributed by atoms with van der Waals surface area (Å²) in [5.74, 6) is 1.22. The number of carbonyl (C=O) groups excluding carboxylic acids is 1. The number of nitrogens with one attached hydrogen (secondary N) is 2. The average molecular weight is 314 g/mol. The zero-order valence-electron chi connectivity index (χ0n) is 12.8. The van der Waals surface area contributed by atoms with Crippen LogP contribution in [0.25, 0.3) is 10.9 Å². The molecule has 0 saturated carbocycles. The number of benzene rings is 1. The normalized spacial score (nSPS) is 12.9. The molecule has 0 saturated heterocycles. The van der Waals surface area contributed by atoms with E-state index in [-0.39, 0.29) is 11.0 Å². The van der Waals surface area contributed by atoms with Crippen molar-refractivity contribution in [2.24, 2.45) is 0 Å². The third-order valence-corrected chi connectivity index (χ3v) is 4.50. The number of nitrogens with zero attached hydrogens (tertiary/aromatic N) is 2. The number of thioether (sulfide) groups is 1. The Labute approximate surface area is 132 Å². The Morgan fingerprint density at radius 1 is 1.23 bits per heavy atom. The summed E-state index contributed by atoms with van der Waals surface area (Å²) in [5, 5.41) is 8.42.